The third kappa shape index (κ3) is 2.61. The van der Waals surface area contributed by atoms with Crippen LogP contribution < -0.4 is 5.32 Å². The van der Waals surface area contributed by atoms with Gasteiger partial charge in [-0.2, -0.15) is 5.10 Å². The molecule has 1 aromatic heterocycles. The lowest BCUT2D eigenvalue weighted by Crippen LogP contribution is -2.31. The van der Waals surface area contributed by atoms with E-state index < -0.39 is 0 Å². The van der Waals surface area contributed by atoms with Crippen LogP contribution in [0.3, 0.4) is 0 Å². The normalized spacial score (nSPS) is 22.2. The molecule has 2 aromatic rings. The van der Waals surface area contributed by atoms with Gasteiger partial charge in [0.1, 0.15) is 12.7 Å². The zero-order valence-electron chi connectivity index (χ0n) is 12.0. The highest BCUT2D eigenvalue weighted by Crippen LogP contribution is 2.35. The van der Waals surface area contributed by atoms with Crippen molar-refractivity contribution in [2.75, 3.05) is 6.54 Å². The average Bonchev–Trinajstić information content (AvgIpc) is 2.94. The first-order valence-corrected chi connectivity index (χ1v) is 7.55. The second kappa shape index (κ2) is 6.18. The number of nitrogens with zero attached hydrogens (tertiary/aromatic N) is 3. The van der Waals surface area contributed by atoms with E-state index in [9.17, 15) is 0 Å². The Balaban J connectivity index is 1.97. The van der Waals surface area contributed by atoms with Crippen molar-refractivity contribution in [1.29, 1.82) is 0 Å². The van der Waals surface area contributed by atoms with E-state index in [4.69, 9.17) is 0 Å². The zero-order valence-corrected chi connectivity index (χ0v) is 12.0. The van der Waals surface area contributed by atoms with Gasteiger partial charge in [0.2, 0.25) is 0 Å². The van der Waals surface area contributed by atoms with Crippen molar-refractivity contribution in [3.8, 4) is 0 Å². The Bertz CT molecular complexity index is 535. The zero-order chi connectivity index (χ0) is 13.8. The summed E-state index contributed by atoms with van der Waals surface area (Å²) in [6, 6.07) is 9.50. The van der Waals surface area contributed by atoms with Gasteiger partial charge in [0, 0.05) is 0 Å². The Morgan fingerprint density at radius 1 is 1.35 bits per heavy atom. The largest absolute Gasteiger partial charge is 0.308 e. The van der Waals surface area contributed by atoms with Crippen LogP contribution in [-0.2, 0) is 6.42 Å². The fraction of sp³-hybridized carbons (Fsp3) is 0.500. The SMILES string of the molecule is CCCNC1c2ccccc2CCCC1n1cncn1. The second-order valence-corrected chi connectivity index (χ2v) is 5.47. The molecule has 0 bridgehead atoms. The molecule has 0 saturated heterocycles. The summed E-state index contributed by atoms with van der Waals surface area (Å²) in [5.41, 5.74) is 2.91. The Morgan fingerprint density at radius 3 is 3.05 bits per heavy atom. The lowest BCUT2D eigenvalue weighted by Gasteiger charge is -2.27. The quantitative estimate of drug-likeness (QED) is 0.869. The van der Waals surface area contributed by atoms with Crippen molar-refractivity contribution >= 4 is 0 Å². The minimum atomic E-state index is 0.329. The van der Waals surface area contributed by atoms with Gasteiger partial charge in [-0.05, 0) is 43.4 Å². The van der Waals surface area contributed by atoms with Gasteiger partial charge in [-0.1, -0.05) is 31.2 Å². The van der Waals surface area contributed by atoms with Gasteiger partial charge < -0.3 is 5.32 Å². The van der Waals surface area contributed by atoms with Gasteiger partial charge in [0.05, 0.1) is 12.1 Å². The van der Waals surface area contributed by atoms with Crippen LogP contribution in [0.15, 0.2) is 36.9 Å². The van der Waals surface area contributed by atoms with Crippen molar-refractivity contribution < 1.29 is 0 Å². The van der Waals surface area contributed by atoms with Gasteiger partial charge in [-0.3, -0.25) is 0 Å². The minimum Gasteiger partial charge on any atom is -0.308 e. The highest BCUT2D eigenvalue weighted by atomic mass is 15.3. The topological polar surface area (TPSA) is 42.7 Å². The van der Waals surface area contributed by atoms with E-state index in [0.717, 1.165) is 25.8 Å². The summed E-state index contributed by atoms with van der Waals surface area (Å²) in [4.78, 5) is 4.12. The summed E-state index contributed by atoms with van der Waals surface area (Å²) in [7, 11) is 0. The number of benzene rings is 1. The molecule has 3 rings (SSSR count). The van der Waals surface area contributed by atoms with Crippen molar-refractivity contribution in [3.05, 3.63) is 48.0 Å². The standard InChI is InChI=1S/C16H22N4/c1-2-10-18-16-14-8-4-3-6-13(14)7-5-9-15(16)20-12-17-11-19-20/h3-4,6,8,11-12,15-16,18H,2,5,7,9-10H2,1H3. The van der Waals surface area contributed by atoms with E-state index in [1.54, 1.807) is 6.33 Å². The van der Waals surface area contributed by atoms with E-state index in [-0.39, 0.29) is 0 Å². The molecule has 20 heavy (non-hydrogen) atoms. The molecule has 1 aliphatic carbocycles. The molecule has 4 heteroatoms. The summed E-state index contributed by atoms with van der Waals surface area (Å²) in [6.45, 7) is 3.24. The number of hydrogen-bond donors (Lipinski definition) is 1. The number of nitrogens with one attached hydrogen (secondary N) is 1. The molecular weight excluding hydrogens is 248 g/mol. The van der Waals surface area contributed by atoms with E-state index in [2.05, 4.69) is 46.6 Å². The lowest BCUT2D eigenvalue weighted by molar-refractivity contribution is 0.315. The molecule has 2 unspecified atom stereocenters. The summed E-state index contributed by atoms with van der Waals surface area (Å²) in [5.74, 6) is 0. The molecule has 106 valence electrons. The smallest absolute Gasteiger partial charge is 0.137 e. The maximum absolute atomic E-state index is 4.38. The number of fused-ring (bicyclic) bond motifs is 1. The molecule has 0 spiro atoms. The summed E-state index contributed by atoms with van der Waals surface area (Å²) < 4.78 is 2.02. The van der Waals surface area contributed by atoms with Gasteiger partial charge >= 0.3 is 0 Å². The lowest BCUT2D eigenvalue weighted by atomic mass is 9.96. The predicted octanol–water partition coefficient (Wildman–Crippen LogP) is 2.90. The van der Waals surface area contributed by atoms with Crippen LogP contribution in [0.4, 0.5) is 0 Å². The fourth-order valence-electron chi connectivity index (χ4n) is 3.16. The van der Waals surface area contributed by atoms with E-state index in [0.29, 0.717) is 12.1 Å². The fourth-order valence-corrected chi connectivity index (χ4v) is 3.16. The molecule has 0 saturated carbocycles. The molecule has 4 nitrogen and oxygen atoms in total. The third-order valence-corrected chi connectivity index (χ3v) is 4.11. The first kappa shape index (κ1) is 13.3. The van der Waals surface area contributed by atoms with E-state index in [1.807, 2.05) is 11.0 Å². The van der Waals surface area contributed by atoms with Crippen molar-refractivity contribution in [1.82, 2.24) is 20.1 Å². The molecule has 1 aromatic carbocycles. The van der Waals surface area contributed by atoms with E-state index >= 15 is 0 Å². The van der Waals surface area contributed by atoms with Crippen LogP contribution >= 0.6 is 0 Å². The Morgan fingerprint density at radius 2 is 2.25 bits per heavy atom. The molecule has 0 amide bonds. The molecule has 0 radical (unpaired) electrons. The average molecular weight is 270 g/mol. The number of rotatable bonds is 4. The van der Waals surface area contributed by atoms with Crippen LogP contribution in [0.25, 0.3) is 0 Å². The Hall–Kier alpha value is -1.68. The molecular formula is C16H22N4. The number of hydrogen-bond acceptors (Lipinski definition) is 3. The molecule has 2 atom stereocenters. The number of aryl methyl sites for hydroxylation is 1. The first-order valence-electron chi connectivity index (χ1n) is 7.55. The molecule has 0 aliphatic heterocycles. The van der Waals surface area contributed by atoms with Gasteiger partial charge in [-0.15, -0.1) is 0 Å². The van der Waals surface area contributed by atoms with Crippen LogP contribution in [0.1, 0.15) is 49.4 Å². The monoisotopic (exact) mass is 270 g/mol. The first-order chi connectivity index (χ1) is 9.90. The Kier molecular flexibility index (Phi) is 4.11. The van der Waals surface area contributed by atoms with Crippen molar-refractivity contribution in [3.63, 3.8) is 0 Å². The molecule has 1 heterocycles. The highest BCUT2D eigenvalue weighted by molar-refractivity contribution is 5.32. The third-order valence-electron chi connectivity index (χ3n) is 4.11. The van der Waals surface area contributed by atoms with E-state index in [1.165, 1.54) is 17.5 Å². The summed E-state index contributed by atoms with van der Waals surface area (Å²) in [6.07, 6.45) is 8.12. The van der Waals surface area contributed by atoms with Crippen LogP contribution in [0.5, 0.6) is 0 Å². The summed E-state index contributed by atoms with van der Waals surface area (Å²) in [5, 5.41) is 8.10. The Labute approximate surface area is 120 Å². The van der Waals surface area contributed by atoms with Gasteiger partial charge in [0.15, 0.2) is 0 Å². The van der Waals surface area contributed by atoms with Crippen LogP contribution in [0, 0.1) is 0 Å². The van der Waals surface area contributed by atoms with Gasteiger partial charge in [-0.25, -0.2) is 9.67 Å². The minimum absolute atomic E-state index is 0.329. The highest BCUT2D eigenvalue weighted by Gasteiger charge is 2.28. The van der Waals surface area contributed by atoms with Crippen LogP contribution in [-0.4, -0.2) is 21.3 Å². The summed E-state index contributed by atoms with van der Waals surface area (Å²) >= 11 is 0. The van der Waals surface area contributed by atoms with Gasteiger partial charge in [0.25, 0.3) is 0 Å². The van der Waals surface area contributed by atoms with Crippen molar-refractivity contribution in [2.45, 2.75) is 44.7 Å². The maximum Gasteiger partial charge on any atom is 0.137 e. The van der Waals surface area contributed by atoms with Crippen LogP contribution in [0.2, 0.25) is 0 Å². The predicted molar refractivity (Wildman–Crippen MR) is 79.5 cm³/mol. The molecule has 1 aliphatic rings. The molecule has 0 fully saturated rings. The maximum atomic E-state index is 4.38. The number of aromatic nitrogens is 3. The van der Waals surface area contributed by atoms with Crippen molar-refractivity contribution in [2.24, 2.45) is 0 Å². The molecule has 1 N–H and O–H groups in total. The second-order valence-electron chi connectivity index (χ2n) is 5.47.